The molecule has 0 spiro atoms. The molecule has 1 saturated carbocycles. The van der Waals surface area contributed by atoms with Gasteiger partial charge in [0.05, 0.1) is 12.0 Å². The average Bonchev–Trinajstić information content (AvgIpc) is 2.87. The summed E-state index contributed by atoms with van der Waals surface area (Å²) in [5.74, 6) is 0.0407. The van der Waals surface area contributed by atoms with Crippen LogP contribution in [0.2, 0.25) is 0 Å². The van der Waals surface area contributed by atoms with Crippen molar-refractivity contribution in [2.75, 3.05) is 7.05 Å². The Balaban J connectivity index is 2.04. The predicted molar refractivity (Wildman–Crippen MR) is 71.2 cm³/mol. The van der Waals surface area contributed by atoms with Crippen LogP contribution in [0.4, 0.5) is 13.2 Å². The monoisotopic (exact) mass is 289 g/mol. The molecule has 1 aliphatic rings. The van der Waals surface area contributed by atoms with Crippen LogP contribution in [0.5, 0.6) is 0 Å². The van der Waals surface area contributed by atoms with Gasteiger partial charge in [-0.05, 0) is 45.6 Å². The molecule has 3 nitrogen and oxygen atoms in total. The Morgan fingerprint density at radius 3 is 2.50 bits per heavy atom. The molecule has 1 atom stereocenters. The van der Waals surface area contributed by atoms with Crippen molar-refractivity contribution in [1.29, 1.82) is 0 Å². The molecule has 1 fully saturated rings. The minimum Gasteiger partial charge on any atom is -0.334 e. The van der Waals surface area contributed by atoms with Crippen molar-refractivity contribution >= 4 is 0 Å². The first-order chi connectivity index (χ1) is 9.47. The third-order valence-electron chi connectivity index (χ3n) is 4.38. The van der Waals surface area contributed by atoms with Crippen molar-refractivity contribution in [2.45, 2.75) is 51.4 Å². The molecule has 1 heterocycles. The van der Waals surface area contributed by atoms with Gasteiger partial charge in [-0.15, -0.1) is 0 Å². The minimum absolute atomic E-state index is 0.0409. The lowest BCUT2D eigenvalue weighted by Gasteiger charge is -2.34. The maximum atomic E-state index is 12.7. The topological polar surface area (TPSA) is 29.9 Å². The highest BCUT2D eigenvalue weighted by molar-refractivity contribution is 5.02. The SMILES string of the molecule is CCn1ccnc1C(NC)C1CCC(C(F)(F)F)CC1. The first-order valence-corrected chi connectivity index (χ1v) is 7.22. The Bertz CT molecular complexity index is 420. The molecule has 1 aromatic rings. The standard InChI is InChI=1S/C14H22F3N3/c1-3-20-9-8-19-13(20)12(18-2)10-4-6-11(7-5-10)14(15,16)17/h8-12,18H,3-7H2,1-2H3. The first kappa shape index (κ1) is 15.4. The van der Waals surface area contributed by atoms with Crippen molar-refractivity contribution < 1.29 is 13.2 Å². The van der Waals surface area contributed by atoms with E-state index in [2.05, 4.69) is 14.9 Å². The summed E-state index contributed by atoms with van der Waals surface area (Å²) in [6, 6.07) is 0.0409. The molecular formula is C14H22F3N3. The van der Waals surface area contributed by atoms with E-state index in [9.17, 15) is 13.2 Å². The molecule has 0 aromatic carbocycles. The summed E-state index contributed by atoms with van der Waals surface area (Å²) in [5.41, 5.74) is 0. The second-order valence-electron chi connectivity index (χ2n) is 5.49. The largest absolute Gasteiger partial charge is 0.391 e. The fourth-order valence-corrected chi connectivity index (χ4v) is 3.22. The summed E-state index contributed by atoms with van der Waals surface area (Å²) in [6.07, 6.45) is 1.31. The van der Waals surface area contributed by atoms with E-state index in [0.29, 0.717) is 12.8 Å². The third kappa shape index (κ3) is 3.16. The molecule has 114 valence electrons. The van der Waals surface area contributed by atoms with Gasteiger partial charge >= 0.3 is 6.18 Å². The van der Waals surface area contributed by atoms with Crippen LogP contribution >= 0.6 is 0 Å². The molecule has 0 amide bonds. The van der Waals surface area contributed by atoms with Crippen molar-refractivity contribution in [3.63, 3.8) is 0 Å². The van der Waals surface area contributed by atoms with E-state index in [0.717, 1.165) is 12.4 Å². The Labute approximate surface area is 117 Å². The number of nitrogens with one attached hydrogen (secondary N) is 1. The van der Waals surface area contributed by atoms with Crippen LogP contribution in [0.25, 0.3) is 0 Å². The summed E-state index contributed by atoms with van der Waals surface area (Å²) in [7, 11) is 1.86. The van der Waals surface area contributed by atoms with Gasteiger partial charge in [0.15, 0.2) is 0 Å². The summed E-state index contributed by atoms with van der Waals surface area (Å²) in [6.45, 7) is 2.86. The molecule has 20 heavy (non-hydrogen) atoms. The summed E-state index contributed by atoms with van der Waals surface area (Å²) >= 11 is 0. The van der Waals surface area contributed by atoms with Crippen LogP contribution in [-0.4, -0.2) is 22.8 Å². The zero-order chi connectivity index (χ0) is 14.8. The number of alkyl halides is 3. The quantitative estimate of drug-likeness (QED) is 0.919. The smallest absolute Gasteiger partial charge is 0.334 e. The van der Waals surface area contributed by atoms with Gasteiger partial charge < -0.3 is 9.88 Å². The molecule has 0 bridgehead atoms. The van der Waals surface area contributed by atoms with Gasteiger partial charge in [-0.1, -0.05) is 0 Å². The van der Waals surface area contributed by atoms with Crippen LogP contribution in [0.3, 0.4) is 0 Å². The van der Waals surface area contributed by atoms with Gasteiger partial charge in [0.2, 0.25) is 0 Å². The number of imidazole rings is 1. The molecule has 6 heteroatoms. The Morgan fingerprint density at radius 2 is 2.00 bits per heavy atom. The number of hydrogen-bond acceptors (Lipinski definition) is 2. The Hall–Kier alpha value is -1.04. The highest BCUT2D eigenvalue weighted by Gasteiger charge is 2.42. The van der Waals surface area contributed by atoms with Gasteiger partial charge in [0.25, 0.3) is 0 Å². The molecule has 1 aliphatic carbocycles. The Kier molecular flexibility index (Phi) is 4.73. The molecule has 1 aromatic heterocycles. The average molecular weight is 289 g/mol. The van der Waals surface area contributed by atoms with Gasteiger partial charge in [-0.3, -0.25) is 0 Å². The number of rotatable bonds is 4. The molecular weight excluding hydrogens is 267 g/mol. The summed E-state index contributed by atoms with van der Waals surface area (Å²) < 4.78 is 40.2. The van der Waals surface area contributed by atoms with E-state index in [4.69, 9.17) is 0 Å². The molecule has 1 unspecified atom stereocenters. The fraction of sp³-hybridized carbons (Fsp3) is 0.786. The fourth-order valence-electron chi connectivity index (χ4n) is 3.22. The first-order valence-electron chi connectivity index (χ1n) is 7.22. The molecule has 2 rings (SSSR count). The zero-order valence-electron chi connectivity index (χ0n) is 12.0. The molecule has 1 N–H and O–H groups in total. The van der Waals surface area contributed by atoms with Crippen LogP contribution in [-0.2, 0) is 6.54 Å². The zero-order valence-corrected chi connectivity index (χ0v) is 12.0. The van der Waals surface area contributed by atoms with E-state index < -0.39 is 12.1 Å². The normalized spacial score (nSPS) is 25.6. The van der Waals surface area contributed by atoms with Gasteiger partial charge in [0.1, 0.15) is 5.82 Å². The molecule has 0 saturated heterocycles. The van der Waals surface area contributed by atoms with Crippen LogP contribution in [0.15, 0.2) is 12.4 Å². The molecule has 0 radical (unpaired) electrons. The maximum Gasteiger partial charge on any atom is 0.391 e. The van der Waals surface area contributed by atoms with E-state index >= 15 is 0 Å². The van der Waals surface area contributed by atoms with Crippen molar-refractivity contribution in [3.05, 3.63) is 18.2 Å². The Morgan fingerprint density at radius 1 is 1.35 bits per heavy atom. The predicted octanol–water partition coefficient (Wildman–Crippen LogP) is 3.53. The number of hydrogen-bond donors (Lipinski definition) is 1. The second kappa shape index (κ2) is 6.16. The van der Waals surface area contributed by atoms with Crippen LogP contribution < -0.4 is 5.32 Å². The maximum absolute atomic E-state index is 12.7. The lowest BCUT2D eigenvalue weighted by Crippen LogP contribution is -2.34. The van der Waals surface area contributed by atoms with E-state index in [1.165, 1.54) is 0 Å². The summed E-state index contributed by atoms with van der Waals surface area (Å²) in [4.78, 5) is 4.38. The minimum atomic E-state index is -4.04. The van der Waals surface area contributed by atoms with Crippen molar-refractivity contribution in [2.24, 2.45) is 11.8 Å². The van der Waals surface area contributed by atoms with Gasteiger partial charge in [0, 0.05) is 18.9 Å². The third-order valence-corrected chi connectivity index (χ3v) is 4.38. The number of nitrogens with zero attached hydrogens (tertiary/aromatic N) is 2. The van der Waals surface area contributed by atoms with Crippen LogP contribution in [0.1, 0.15) is 44.5 Å². The lowest BCUT2D eigenvalue weighted by atomic mass is 9.78. The molecule has 0 aliphatic heterocycles. The van der Waals surface area contributed by atoms with E-state index in [-0.39, 0.29) is 24.8 Å². The number of halogens is 3. The van der Waals surface area contributed by atoms with Gasteiger partial charge in [-0.25, -0.2) is 4.98 Å². The number of aryl methyl sites for hydroxylation is 1. The van der Waals surface area contributed by atoms with Gasteiger partial charge in [-0.2, -0.15) is 13.2 Å². The van der Waals surface area contributed by atoms with E-state index in [1.807, 2.05) is 20.2 Å². The second-order valence-corrected chi connectivity index (χ2v) is 5.49. The number of aromatic nitrogens is 2. The highest BCUT2D eigenvalue weighted by atomic mass is 19.4. The van der Waals surface area contributed by atoms with Crippen molar-refractivity contribution in [3.8, 4) is 0 Å². The summed E-state index contributed by atoms with van der Waals surface area (Å²) in [5, 5.41) is 3.24. The van der Waals surface area contributed by atoms with Crippen LogP contribution in [0, 0.1) is 11.8 Å². The lowest BCUT2D eigenvalue weighted by molar-refractivity contribution is -0.184. The van der Waals surface area contributed by atoms with E-state index in [1.54, 1.807) is 6.20 Å². The van der Waals surface area contributed by atoms with Crippen molar-refractivity contribution in [1.82, 2.24) is 14.9 Å². The highest BCUT2D eigenvalue weighted by Crippen LogP contribution is 2.42.